The van der Waals surface area contributed by atoms with Crippen LogP contribution in [0.4, 0.5) is 5.69 Å². The number of rotatable bonds is 0. The highest BCUT2D eigenvalue weighted by atomic mass is 15.1. The zero-order valence-corrected chi connectivity index (χ0v) is 11.7. The summed E-state index contributed by atoms with van der Waals surface area (Å²) < 4.78 is 2.23. The Kier molecular flexibility index (Phi) is 2.40. The Hall–Kier alpha value is -1.51. The predicted molar refractivity (Wildman–Crippen MR) is 76.2 cm³/mol. The van der Waals surface area contributed by atoms with Gasteiger partial charge < -0.3 is 9.88 Å². The molecule has 0 saturated carbocycles. The number of anilines is 1. The van der Waals surface area contributed by atoms with E-state index in [0.717, 1.165) is 17.9 Å². The van der Waals surface area contributed by atoms with Gasteiger partial charge in [0.05, 0.1) is 11.0 Å². The zero-order valence-electron chi connectivity index (χ0n) is 11.7. The maximum absolute atomic E-state index is 4.83. The van der Waals surface area contributed by atoms with E-state index in [4.69, 9.17) is 4.98 Å². The summed E-state index contributed by atoms with van der Waals surface area (Å²) in [7, 11) is 2.12. The number of hydrogen-bond donors (Lipinski definition) is 1. The van der Waals surface area contributed by atoms with Crippen molar-refractivity contribution in [3.8, 4) is 0 Å². The summed E-state index contributed by atoms with van der Waals surface area (Å²) in [5, 5.41) is 3.49. The number of aryl methyl sites for hydroxylation is 2. The topological polar surface area (TPSA) is 29.9 Å². The lowest BCUT2D eigenvalue weighted by Gasteiger charge is -2.18. The molecule has 2 aromatic rings. The number of benzene rings is 1. The molecule has 0 radical (unpaired) electrons. The van der Waals surface area contributed by atoms with Crippen molar-refractivity contribution in [3.05, 3.63) is 23.5 Å². The normalized spacial score (nSPS) is 15.6. The zero-order chi connectivity index (χ0) is 12.9. The largest absolute Gasteiger partial charge is 0.385 e. The summed E-state index contributed by atoms with van der Waals surface area (Å²) in [4.78, 5) is 4.83. The molecule has 1 N–H and O–H groups in total. The first-order chi connectivity index (χ1) is 8.47. The molecule has 1 aromatic heterocycles. The molecule has 0 unspecified atom stereocenters. The molecule has 1 aliphatic rings. The molecule has 3 nitrogen and oxygen atoms in total. The van der Waals surface area contributed by atoms with Gasteiger partial charge in [-0.1, -0.05) is 20.8 Å². The molecule has 96 valence electrons. The fraction of sp³-hybridized carbons (Fsp3) is 0.533. The maximum Gasteiger partial charge on any atom is 0.115 e. The molecule has 0 saturated heterocycles. The Morgan fingerprint density at radius 3 is 2.78 bits per heavy atom. The van der Waals surface area contributed by atoms with Crippen LogP contribution in [-0.2, 0) is 18.9 Å². The van der Waals surface area contributed by atoms with Gasteiger partial charge in [-0.05, 0) is 30.5 Å². The van der Waals surface area contributed by atoms with E-state index in [1.807, 2.05) is 0 Å². The first kappa shape index (κ1) is 11.6. The number of aromatic nitrogens is 2. The second-order valence-electron chi connectivity index (χ2n) is 6.27. The fourth-order valence-corrected chi connectivity index (χ4v) is 2.83. The molecule has 1 aromatic carbocycles. The minimum Gasteiger partial charge on any atom is -0.385 e. The third-order valence-electron chi connectivity index (χ3n) is 3.71. The Bertz CT molecular complexity index is 602. The van der Waals surface area contributed by atoms with E-state index in [1.165, 1.54) is 29.6 Å². The smallest absolute Gasteiger partial charge is 0.115 e. The minimum absolute atomic E-state index is 0.0850. The van der Waals surface area contributed by atoms with Crippen molar-refractivity contribution in [3.63, 3.8) is 0 Å². The van der Waals surface area contributed by atoms with Gasteiger partial charge in [-0.25, -0.2) is 4.98 Å². The summed E-state index contributed by atoms with van der Waals surface area (Å²) in [5.41, 5.74) is 5.14. The number of hydrogen-bond acceptors (Lipinski definition) is 2. The number of fused-ring (bicyclic) bond motifs is 2. The Labute approximate surface area is 108 Å². The number of nitrogens with zero attached hydrogens (tertiary/aromatic N) is 2. The lowest BCUT2D eigenvalue weighted by molar-refractivity contribution is 0.527. The molecule has 3 rings (SSSR count). The second-order valence-corrected chi connectivity index (χ2v) is 6.27. The van der Waals surface area contributed by atoms with Crippen molar-refractivity contribution in [1.29, 1.82) is 0 Å². The molecule has 0 fully saturated rings. The van der Waals surface area contributed by atoms with Crippen LogP contribution in [0.15, 0.2) is 12.1 Å². The van der Waals surface area contributed by atoms with Crippen LogP contribution in [-0.4, -0.2) is 16.1 Å². The van der Waals surface area contributed by atoms with Gasteiger partial charge in [0, 0.05) is 24.7 Å². The molecular formula is C15H21N3. The average molecular weight is 243 g/mol. The van der Waals surface area contributed by atoms with E-state index in [9.17, 15) is 0 Å². The molecule has 2 heterocycles. The van der Waals surface area contributed by atoms with Crippen LogP contribution >= 0.6 is 0 Å². The summed E-state index contributed by atoms with van der Waals surface area (Å²) in [6.45, 7) is 7.73. The monoisotopic (exact) mass is 243 g/mol. The third kappa shape index (κ3) is 1.69. The quantitative estimate of drug-likeness (QED) is 0.770. The fourth-order valence-electron chi connectivity index (χ4n) is 2.83. The van der Waals surface area contributed by atoms with Gasteiger partial charge in [-0.3, -0.25) is 0 Å². The second kappa shape index (κ2) is 3.74. The summed E-state index contributed by atoms with van der Waals surface area (Å²) in [6, 6.07) is 4.51. The number of imidazole rings is 1. The van der Waals surface area contributed by atoms with Crippen LogP contribution in [0.3, 0.4) is 0 Å². The molecular weight excluding hydrogens is 222 g/mol. The van der Waals surface area contributed by atoms with Crippen molar-refractivity contribution in [1.82, 2.24) is 9.55 Å². The SMILES string of the molecule is Cn1c(C(C)(C)C)nc2cc3c(cc21)NCCC3. The third-order valence-corrected chi connectivity index (χ3v) is 3.71. The van der Waals surface area contributed by atoms with Crippen LogP contribution in [0.5, 0.6) is 0 Å². The van der Waals surface area contributed by atoms with Gasteiger partial charge in [-0.15, -0.1) is 0 Å². The average Bonchev–Trinajstić information content (AvgIpc) is 2.64. The van der Waals surface area contributed by atoms with Crippen molar-refractivity contribution in [2.75, 3.05) is 11.9 Å². The van der Waals surface area contributed by atoms with E-state index in [2.05, 4.69) is 49.8 Å². The number of nitrogens with one attached hydrogen (secondary N) is 1. The molecule has 0 bridgehead atoms. The summed E-state index contributed by atoms with van der Waals surface area (Å²) in [5.74, 6) is 1.15. The van der Waals surface area contributed by atoms with Crippen LogP contribution in [0, 0.1) is 0 Å². The first-order valence-electron chi connectivity index (χ1n) is 6.70. The maximum atomic E-state index is 4.83. The minimum atomic E-state index is 0.0850. The van der Waals surface area contributed by atoms with Gasteiger partial charge in [0.25, 0.3) is 0 Å². The van der Waals surface area contributed by atoms with Crippen LogP contribution < -0.4 is 5.32 Å². The molecule has 0 atom stereocenters. The van der Waals surface area contributed by atoms with E-state index in [-0.39, 0.29) is 5.41 Å². The van der Waals surface area contributed by atoms with Crippen LogP contribution in [0.25, 0.3) is 11.0 Å². The van der Waals surface area contributed by atoms with E-state index >= 15 is 0 Å². The lowest BCUT2D eigenvalue weighted by Crippen LogP contribution is -2.17. The van der Waals surface area contributed by atoms with Crippen molar-refractivity contribution in [2.45, 2.75) is 39.0 Å². The summed E-state index contributed by atoms with van der Waals surface area (Å²) >= 11 is 0. The predicted octanol–water partition coefficient (Wildman–Crippen LogP) is 3.23. The van der Waals surface area contributed by atoms with Crippen LogP contribution in [0.1, 0.15) is 38.6 Å². The summed E-state index contributed by atoms with van der Waals surface area (Å²) in [6.07, 6.45) is 2.39. The van der Waals surface area contributed by atoms with E-state index in [1.54, 1.807) is 0 Å². The highest BCUT2D eigenvalue weighted by Gasteiger charge is 2.22. The standard InChI is InChI=1S/C15H21N3/c1-15(2,3)14-17-12-8-10-6-5-7-16-11(10)9-13(12)18(14)4/h8-9,16H,5-7H2,1-4H3. The molecule has 0 amide bonds. The first-order valence-corrected chi connectivity index (χ1v) is 6.70. The highest BCUT2D eigenvalue weighted by Crippen LogP contribution is 2.30. The molecule has 0 aliphatic carbocycles. The molecule has 18 heavy (non-hydrogen) atoms. The molecule has 1 aliphatic heterocycles. The highest BCUT2D eigenvalue weighted by molar-refractivity contribution is 5.82. The van der Waals surface area contributed by atoms with Gasteiger partial charge in [0.2, 0.25) is 0 Å². The van der Waals surface area contributed by atoms with Gasteiger partial charge in [0.1, 0.15) is 5.82 Å². The Balaban J connectivity index is 2.24. The molecule has 3 heteroatoms. The van der Waals surface area contributed by atoms with Crippen molar-refractivity contribution < 1.29 is 0 Å². The Morgan fingerprint density at radius 2 is 2.06 bits per heavy atom. The van der Waals surface area contributed by atoms with Crippen molar-refractivity contribution in [2.24, 2.45) is 7.05 Å². The Morgan fingerprint density at radius 1 is 1.28 bits per heavy atom. The molecule has 0 spiro atoms. The van der Waals surface area contributed by atoms with Crippen molar-refractivity contribution >= 4 is 16.7 Å². The van der Waals surface area contributed by atoms with E-state index in [0.29, 0.717) is 0 Å². The van der Waals surface area contributed by atoms with Gasteiger partial charge in [-0.2, -0.15) is 0 Å². The van der Waals surface area contributed by atoms with Gasteiger partial charge >= 0.3 is 0 Å². The van der Waals surface area contributed by atoms with Gasteiger partial charge in [0.15, 0.2) is 0 Å². The van der Waals surface area contributed by atoms with E-state index < -0.39 is 0 Å². The van der Waals surface area contributed by atoms with Crippen LogP contribution in [0.2, 0.25) is 0 Å². The lowest BCUT2D eigenvalue weighted by atomic mass is 9.96.